The van der Waals surface area contributed by atoms with Crippen molar-refractivity contribution in [3.05, 3.63) is 12.7 Å². The molecule has 0 rings (SSSR count). The molecule has 1 amide bonds. The van der Waals surface area contributed by atoms with Gasteiger partial charge >= 0.3 is 0 Å². The first-order valence-electron chi connectivity index (χ1n) is 4.46. The van der Waals surface area contributed by atoms with E-state index in [0.29, 0.717) is 13.0 Å². The Morgan fingerprint density at radius 3 is 3.00 bits per heavy atom. The average molecular weight is 202 g/mol. The molecule has 76 valence electrons. The van der Waals surface area contributed by atoms with Crippen LogP contribution in [0.3, 0.4) is 0 Å². The largest absolute Gasteiger partial charge is 0.355 e. The molecule has 3 nitrogen and oxygen atoms in total. The Hall–Kier alpha value is -0.480. The Kier molecular flexibility index (Phi) is 9.25. The number of carbonyl (C=O) groups excluding carboxylic acids is 1. The second-order valence-corrected chi connectivity index (χ2v) is 3.76. The van der Waals surface area contributed by atoms with Gasteiger partial charge in [0.1, 0.15) is 0 Å². The summed E-state index contributed by atoms with van der Waals surface area (Å²) >= 11 is 1.76. The molecule has 0 bridgehead atoms. The van der Waals surface area contributed by atoms with Crippen molar-refractivity contribution in [3.63, 3.8) is 0 Å². The van der Waals surface area contributed by atoms with Gasteiger partial charge in [-0.2, -0.15) is 11.8 Å². The molecule has 0 aliphatic heterocycles. The van der Waals surface area contributed by atoms with Gasteiger partial charge in [-0.05, 0) is 13.0 Å². The van der Waals surface area contributed by atoms with E-state index in [-0.39, 0.29) is 5.91 Å². The quantitative estimate of drug-likeness (QED) is 0.451. The van der Waals surface area contributed by atoms with Crippen molar-refractivity contribution in [1.82, 2.24) is 5.32 Å². The van der Waals surface area contributed by atoms with Gasteiger partial charge in [0, 0.05) is 24.5 Å². The zero-order valence-corrected chi connectivity index (χ0v) is 8.74. The normalized spacial score (nSPS) is 9.62. The molecule has 0 aromatic rings. The van der Waals surface area contributed by atoms with Crippen LogP contribution in [0.2, 0.25) is 0 Å². The summed E-state index contributed by atoms with van der Waals surface area (Å²) in [6.45, 7) is 4.93. The first-order chi connectivity index (χ1) is 6.31. The molecule has 0 fully saturated rings. The van der Waals surface area contributed by atoms with Crippen molar-refractivity contribution in [3.8, 4) is 0 Å². The number of nitrogens with one attached hydrogen (secondary N) is 1. The van der Waals surface area contributed by atoms with Crippen LogP contribution >= 0.6 is 11.8 Å². The highest BCUT2D eigenvalue weighted by Crippen LogP contribution is 1.97. The van der Waals surface area contributed by atoms with Gasteiger partial charge in [0.05, 0.1) is 0 Å². The summed E-state index contributed by atoms with van der Waals surface area (Å²) in [5, 5.41) is 2.83. The molecule has 0 saturated carbocycles. The van der Waals surface area contributed by atoms with Gasteiger partial charge in [0.25, 0.3) is 0 Å². The Morgan fingerprint density at radius 2 is 2.38 bits per heavy atom. The van der Waals surface area contributed by atoms with Crippen LogP contribution in [0.4, 0.5) is 0 Å². The fourth-order valence-corrected chi connectivity index (χ4v) is 1.36. The van der Waals surface area contributed by atoms with Gasteiger partial charge < -0.3 is 11.1 Å². The fraction of sp³-hybridized carbons (Fsp3) is 0.667. The minimum absolute atomic E-state index is 0.102. The summed E-state index contributed by atoms with van der Waals surface area (Å²) in [5.41, 5.74) is 5.28. The second-order valence-electron chi connectivity index (χ2n) is 2.61. The maximum Gasteiger partial charge on any atom is 0.220 e. The predicted molar refractivity (Wildman–Crippen MR) is 58.8 cm³/mol. The molecule has 0 aromatic carbocycles. The third-order valence-corrected chi connectivity index (χ3v) is 2.38. The summed E-state index contributed by atoms with van der Waals surface area (Å²) in [7, 11) is 0. The highest BCUT2D eigenvalue weighted by molar-refractivity contribution is 7.99. The molecular formula is C9H18N2OS. The molecule has 0 aliphatic carbocycles. The van der Waals surface area contributed by atoms with E-state index in [0.717, 1.165) is 24.5 Å². The first-order valence-corrected chi connectivity index (χ1v) is 5.62. The molecule has 0 spiro atoms. The summed E-state index contributed by atoms with van der Waals surface area (Å²) in [6.07, 6.45) is 3.18. The number of nitrogens with two attached hydrogens (primary N) is 1. The van der Waals surface area contributed by atoms with Gasteiger partial charge in [-0.1, -0.05) is 6.08 Å². The lowest BCUT2D eigenvalue weighted by Crippen LogP contribution is -2.26. The standard InChI is InChI=1S/C9H18N2OS/c1-2-7-13-8-6-11-9(12)4-3-5-10/h2H,1,3-8,10H2,(H,11,12). The summed E-state index contributed by atoms with van der Waals surface area (Å²) in [5.74, 6) is 1.99. The number of thioether (sulfide) groups is 1. The molecule has 0 saturated heterocycles. The van der Waals surface area contributed by atoms with Crippen LogP contribution in [-0.2, 0) is 4.79 Å². The van der Waals surface area contributed by atoms with Crippen molar-refractivity contribution in [2.45, 2.75) is 12.8 Å². The zero-order valence-electron chi connectivity index (χ0n) is 7.92. The molecular weight excluding hydrogens is 184 g/mol. The van der Waals surface area contributed by atoms with Crippen LogP contribution in [0.15, 0.2) is 12.7 Å². The second kappa shape index (κ2) is 9.61. The third-order valence-electron chi connectivity index (χ3n) is 1.41. The smallest absolute Gasteiger partial charge is 0.220 e. The van der Waals surface area contributed by atoms with Crippen molar-refractivity contribution < 1.29 is 4.79 Å². The topological polar surface area (TPSA) is 55.1 Å². The van der Waals surface area contributed by atoms with Crippen LogP contribution in [0.25, 0.3) is 0 Å². The number of carbonyl (C=O) groups is 1. The lowest BCUT2D eigenvalue weighted by atomic mass is 10.3. The van der Waals surface area contributed by atoms with E-state index in [9.17, 15) is 4.79 Å². The Balaban J connectivity index is 3.12. The maximum atomic E-state index is 11.0. The average Bonchev–Trinajstić information content (AvgIpc) is 2.14. The third kappa shape index (κ3) is 9.43. The van der Waals surface area contributed by atoms with Crippen molar-refractivity contribution in [1.29, 1.82) is 0 Å². The summed E-state index contributed by atoms with van der Waals surface area (Å²) < 4.78 is 0. The van der Waals surface area contributed by atoms with Crippen LogP contribution < -0.4 is 11.1 Å². The van der Waals surface area contributed by atoms with Crippen LogP contribution in [-0.4, -0.2) is 30.5 Å². The molecule has 3 N–H and O–H groups in total. The van der Waals surface area contributed by atoms with Gasteiger partial charge in [-0.3, -0.25) is 4.79 Å². The SMILES string of the molecule is C=CCSCCNC(=O)CCCN. The van der Waals surface area contributed by atoms with E-state index in [1.54, 1.807) is 11.8 Å². The number of hydrogen-bond donors (Lipinski definition) is 2. The Morgan fingerprint density at radius 1 is 1.62 bits per heavy atom. The van der Waals surface area contributed by atoms with Gasteiger partial charge in [0.2, 0.25) is 5.91 Å². The number of hydrogen-bond acceptors (Lipinski definition) is 3. The van der Waals surface area contributed by atoms with E-state index in [1.165, 1.54) is 0 Å². The highest BCUT2D eigenvalue weighted by atomic mass is 32.2. The van der Waals surface area contributed by atoms with Crippen LogP contribution in [0.5, 0.6) is 0 Å². The molecule has 0 unspecified atom stereocenters. The lowest BCUT2D eigenvalue weighted by Gasteiger charge is -2.03. The minimum atomic E-state index is 0.102. The fourth-order valence-electron chi connectivity index (χ4n) is 0.780. The van der Waals surface area contributed by atoms with Crippen LogP contribution in [0, 0.1) is 0 Å². The zero-order chi connectivity index (χ0) is 9.94. The van der Waals surface area contributed by atoms with Crippen molar-refractivity contribution in [2.24, 2.45) is 5.73 Å². The van der Waals surface area contributed by atoms with E-state index in [2.05, 4.69) is 11.9 Å². The summed E-state index contributed by atoms with van der Waals surface area (Å²) in [4.78, 5) is 11.0. The molecule has 0 aromatic heterocycles. The molecule has 0 aliphatic rings. The molecule has 4 heteroatoms. The molecule has 0 radical (unpaired) electrons. The van der Waals surface area contributed by atoms with Crippen LogP contribution in [0.1, 0.15) is 12.8 Å². The monoisotopic (exact) mass is 202 g/mol. The maximum absolute atomic E-state index is 11.0. The number of amides is 1. The van der Waals surface area contributed by atoms with Crippen molar-refractivity contribution >= 4 is 17.7 Å². The van der Waals surface area contributed by atoms with Gasteiger partial charge in [0.15, 0.2) is 0 Å². The van der Waals surface area contributed by atoms with Gasteiger partial charge in [-0.15, -0.1) is 6.58 Å². The Bertz CT molecular complexity index is 151. The van der Waals surface area contributed by atoms with E-state index >= 15 is 0 Å². The molecule has 13 heavy (non-hydrogen) atoms. The van der Waals surface area contributed by atoms with E-state index in [4.69, 9.17) is 5.73 Å². The van der Waals surface area contributed by atoms with E-state index in [1.807, 2.05) is 6.08 Å². The van der Waals surface area contributed by atoms with Gasteiger partial charge in [-0.25, -0.2) is 0 Å². The first kappa shape index (κ1) is 12.5. The lowest BCUT2D eigenvalue weighted by molar-refractivity contribution is -0.121. The highest BCUT2D eigenvalue weighted by Gasteiger charge is 1.97. The van der Waals surface area contributed by atoms with E-state index < -0.39 is 0 Å². The molecule has 0 heterocycles. The molecule has 0 atom stereocenters. The Labute approximate surface area is 84.1 Å². The summed E-state index contributed by atoms with van der Waals surface area (Å²) in [6, 6.07) is 0. The van der Waals surface area contributed by atoms with Crippen molar-refractivity contribution in [2.75, 3.05) is 24.6 Å². The minimum Gasteiger partial charge on any atom is -0.355 e. The number of rotatable bonds is 8. The predicted octanol–water partition coefficient (Wildman–Crippen LogP) is 0.761.